The Balaban J connectivity index is 1.78. The van der Waals surface area contributed by atoms with Crippen LogP contribution in [0.25, 0.3) is 0 Å². The van der Waals surface area contributed by atoms with Crippen LogP contribution in [-0.2, 0) is 13.6 Å². The normalized spacial score (nSPS) is 22.0. The van der Waals surface area contributed by atoms with E-state index in [1.165, 1.54) is 12.8 Å². The molecule has 1 atom stereocenters. The molecule has 0 saturated heterocycles. The van der Waals surface area contributed by atoms with Gasteiger partial charge in [-0.3, -0.25) is 4.57 Å². The largest absolute Gasteiger partial charge is 0.376 e. The van der Waals surface area contributed by atoms with Gasteiger partial charge in [-0.1, -0.05) is 62.3 Å². The van der Waals surface area contributed by atoms with Crippen LogP contribution in [0, 0.1) is 0 Å². The Labute approximate surface area is 155 Å². The van der Waals surface area contributed by atoms with Crippen LogP contribution >= 0.6 is 19.2 Å². The van der Waals surface area contributed by atoms with Crippen LogP contribution in [0.1, 0.15) is 75.6 Å². The molecule has 0 unspecified atom stereocenters. The Hall–Kier alpha value is -0.380. The summed E-state index contributed by atoms with van der Waals surface area (Å²) < 4.78 is 25.6. The highest BCUT2D eigenvalue weighted by Crippen LogP contribution is 2.62. The fraction of sp³-hybridized carbons (Fsp3) is 0.684. The SMILES string of the molecule is O=P(OC1CCCCC1)(OC1CCCCC1)[C@@H](O)c1ccc(Cl)cc1. The Kier molecular flexibility index (Phi) is 6.99. The average Bonchev–Trinajstić information content (AvgIpc) is 2.63. The number of aliphatic hydroxyl groups is 1. The zero-order valence-corrected chi connectivity index (χ0v) is 16.3. The minimum atomic E-state index is -3.67. The van der Waals surface area contributed by atoms with Crippen molar-refractivity contribution >= 4 is 19.2 Å². The van der Waals surface area contributed by atoms with E-state index < -0.39 is 13.4 Å². The molecule has 4 nitrogen and oxygen atoms in total. The molecular formula is C19H28ClO4P. The number of rotatable bonds is 6. The molecule has 0 radical (unpaired) electrons. The molecule has 2 saturated carbocycles. The summed E-state index contributed by atoms with van der Waals surface area (Å²) in [6.07, 6.45) is 10.0. The first kappa shape index (κ1) is 19.4. The average molecular weight is 387 g/mol. The van der Waals surface area contributed by atoms with E-state index in [1.54, 1.807) is 24.3 Å². The van der Waals surface area contributed by atoms with Gasteiger partial charge in [-0.15, -0.1) is 0 Å². The van der Waals surface area contributed by atoms with E-state index in [0.29, 0.717) is 10.6 Å². The van der Waals surface area contributed by atoms with Gasteiger partial charge in [-0.25, -0.2) is 0 Å². The third kappa shape index (κ3) is 5.30. The molecule has 1 aromatic rings. The molecule has 0 aromatic heterocycles. The number of hydrogen-bond donors (Lipinski definition) is 1. The van der Waals surface area contributed by atoms with Gasteiger partial charge in [0.2, 0.25) is 0 Å². The van der Waals surface area contributed by atoms with Gasteiger partial charge in [0.25, 0.3) is 0 Å². The number of benzene rings is 1. The first-order valence-corrected chi connectivity index (χ1v) is 11.5. The van der Waals surface area contributed by atoms with Crippen molar-refractivity contribution in [3.05, 3.63) is 34.9 Å². The van der Waals surface area contributed by atoms with E-state index in [1.807, 2.05) is 0 Å². The minimum absolute atomic E-state index is 0.0925. The predicted molar refractivity (Wildman–Crippen MR) is 99.9 cm³/mol. The molecule has 0 amide bonds. The minimum Gasteiger partial charge on any atom is -0.376 e. The van der Waals surface area contributed by atoms with E-state index in [9.17, 15) is 9.67 Å². The summed E-state index contributed by atoms with van der Waals surface area (Å²) in [6.45, 7) is 0. The summed E-state index contributed by atoms with van der Waals surface area (Å²) in [6, 6.07) is 6.75. The van der Waals surface area contributed by atoms with Crippen LogP contribution in [0.15, 0.2) is 24.3 Å². The maximum absolute atomic E-state index is 13.6. The summed E-state index contributed by atoms with van der Waals surface area (Å²) >= 11 is 5.93. The van der Waals surface area contributed by atoms with Crippen LogP contribution in [-0.4, -0.2) is 17.3 Å². The van der Waals surface area contributed by atoms with Crippen LogP contribution in [0.2, 0.25) is 5.02 Å². The van der Waals surface area contributed by atoms with Crippen LogP contribution < -0.4 is 0 Å². The molecule has 2 fully saturated rings. The zero-order valence-electron chi connectivity index (χ0n) is 14.6. The van der Waals surface area contributed by atoms with Crippen LogP contribution in [0.3, 0.4) is 0 Å². The van der Waals surface area contributed by atoms with Crippen molar-refractivity contribution in [2.45, 2.75) is 82.3 Å². The number of aliphatic hydroxyl groups excluding tert-OH is 1. The van der Waals surface area contributed by atoms with Gasteiger partial charge in [-0.05, 0) is 43.4 Å². The molecule has 6 heteroatoms. The smallest absolute Gasteiger partial charge is 0.363 e. The molecule has 140 valence electrons. The summed E-state index contributed by atoms with van der Waals surface area (Å²) in [5.74, 6) is -1.27. The molecule has 0 heterocycles. The van der Waals surface area contributed by atoms with Gasteiger partial charge >= 0.3 is 7.60 Å². The van der Waals surface area contributed by atoms with Crippen LogP contribution in [0.5, 0.6) is 0 Å². The molecule has 25 heavy (non-hydrogen) atoms. The Bertz CT molecular complexity index is 556. The Morgan fingerprint density at radius 1 is 0.880 bits per heavy atom. The number of hydrogen-bond acceptors (Lipinski definition) is 4. The van der Waals surface area contributed by atoms with Crippen molar-refractivity contribution in [2.75, 3.05) is 0 Å². The van der Waals surface area contributed by atoms with E-state index in [0.717, 1.165) is 51.4 Å². The Morgan fingerprint density at radius 3 is 1.76 bits per heavy atom. The highest BCUT2D eigenvalue weighted by Gasteiger charge is 2.41. The van der Waals surface area contributed by atoms with Gasteiger partial charge in [0, 0.05) is 5.02 Å². The summed E-state index contributed by atoms with van der Waals surface area (Å²) in [5.41, 5.74) is 0.527. The maximum atomic E-state index is 13.6. The fourth-order valence-electron chi connectivity index (χ4n) is 3.71. The molecule has 1 N–H and O–H groups in total. The van der Waals surface area contributed by atoms with Crippen molar-refractivity contribution in [1.82, 2.24) is 0 Å². The van der Waals surface area contributed by atoms with Gasteiger partial charge in [-0.2, -0.15) is 0 Å². The summed E-state index contributed by atoms with van der Waals surface area (Å²) in [4.78, 5) is 0. The lowest BCUT2D eigenvalue weighted by molar-refractivity contribution is 0.0545. The first-order valence-electron chi connectivity index (χ1n) is 9.47. The summed E-state index contributed by atoms with van der Waals surface area (Å²) in [7, 11) is -3.67. The van der Waals surface area contributed by atoms with Gasteiger partial charge < -0.3 is 14.2 Å². The fourth-order valence-corrected chi connectivity index (χ4v) is 5.91. The predicted octanol–water partition coefficient (Wildman–Crippen LogP) is 6.22. The van der Waals surface area contributed by atoms with Crippen molar-refractivity contribution in [3.63, 3.8) is 0 Å². The monoisotopic (exact) mass is 386 g/mol. The zero-order chi connectivity index (χ0) is 17.7. The topological polar surface area (TPSA) is 55.8 Å². The van der Waals surface area contributed by atoms with Crippen molar-refractivity contribution in [1.29, 1.82) is 0 Å². The van der Waals surface area contributed by atoms with E-state index in [2.05, 4.69) is 0 Å². The van der Waals surface area contributed by atoms with E-state index in [-0.39, 0.29) is 12.2 Å². The molecule has 2 aliphatic rings. The quantitative estimate of drug-likeness (QED) is 0.589. The lowest BCUT2D eigenvalue weighted by Gasteiger charge is -2.33. The first-order chi connectivity index (χ1) is 12.1. The molecule has 0 spiro atoms. The molecule has 0 bridgehead atoms. The highest BCUT2D eigenvalue weighted by molar-refractivity contribution is 7.54. The molecular weight excluding hydrogens is 359 g/mol. The van der Waals surface area contributed by atoms with Crippen molar-refractivity contribution in [3.8, 4) is 0 Å². The number of halogens is 1. The molecule has 2 aliphatic carbocycles. The Morgan fingerprint density at radius 2 is 1.32 bits per heavy atom. The third-order valence-electron chi connectivity index (χ3n) is 5.16. The van der Waals surface area contributed by atoms with E-state index >= 15 is 0 Å². The van der Waals surface area contributed by atoms with Gasteiger partial charge in [0.05, 0.1) is 12.2 Å². The lowest BCUT2D eigenvalue weighted by atomic mass is 9.98. The van der Waals surface area contributed by atoms with Gasteiger partial charge in [0.1, 0.15) is 0 Å². The second kappa shape index (κ2) is 9.01. The maximum Gasteiger partial charge on any atom is 0.363 e. The molecule has 1 aromatic carbocycles. The standard InChI is InChI=1S/C19H28ClO4P/c20-16-13-11-15(12-14-16)19(21)25(22,23-17-7-3-1-4-8-17)24-18-9-5-2-6-10-18/h11-14,17-19,21H,1-10H2/t19-/m1/s1. The third-order valence-corrected chi connectivity index (χ3v) is 7.50. The van der Waals surface area contributed by atoms with Crippen molar-refractivity contribution in [2.24, 2.45) is 0 Å². The van der Waals surface area contributed by atoms with Gasteiger partial charge in [0.15, 0.2) is 5.85 Å². The second-order valence-corrected chi connectivity index (χ2v) is 9.62. The van der Waals surface area contributed by atoms with E-state index in [4.69, 9.17) is 20.6 Å². The highest BCUT2D eigenvalue weighted by atomic mass is 35.5. The molecule has 3 rings (SSSR count). The van der Waals surface area contributed by atoms with Crippen LogP contribution in [0.4, 0.5) is 0 Å². The summed E-state index contributed by atoms with van der Waals surface area (Å²) in [5, 5.41) is 11.4. The second-order valence-electron chi connectivity index (χ2n) is 7.20. The molecule has 0 aliphatic heterocycles. The lowest BCUT2D eigenvalue weighted by Crippen LogP contribution is -2.22. The van der Waals surface area contributed by atoms with Crippen molar-refractivity contribution < 1.29 is 18.7 Å².